The van der Waals surface area contributed by atoms with Crippen LogP contribution in [0.1, 0.15) is 5.01 Å². The summed E-state index contributed by atoms with van der Waals surface area (Å²) in [5.74, 6) is -2.10. The number of alkyl halides is 6. The van der Waals surface area contributed by atoms with Gasteiger partial charge in [-0.1, -0.05) is 23.5 Å². The highest BCUT2D eigenvalue weighted by Crippen LogP contribution is 2.33. The molecule has 0 fully saturated rings. The van der Waals surface area contributed by atoms with Gasteiger partial charge in [-0.25, -0.2) is 9.50 Å². The van der Waals surface area contributed by atoms with Gasteiger partial charge in [-0.2, -0.15) is 26.3 Å². The molecule has 0 radical (unpaired) electrons. The Morgan fingerprint density at radius 2 is 1.72 bits per heavy atom. The third-order valence-electron chi connectivity index (χ3n) is 2.98. The summed E-state index contributed by atoms with van der Waals surface area (Å²) in [4.78, 5) is 14.9. The summed E-state index contributed by atoms with van der Waals surface area (Å²) in [6, 6.07) is 5.20. The van der Waals surface area contributed by atoms with Gasteiger partial charge in [0.1, 0.15) is 0 Å². The predicted octanol–water partition coefficient (Wildman–Crippen LogP) is 3.98. The molecule has 0 unspecified atom stereocenters. The Labute approximate surface area is 138 Å². The first-order valence-electron chi connectivity index (χ1n) is 6.46. The summed E-state index contributed by atoms with van der Waals surface area (Å²) in [6.45, 7) is 0. The first-order chi connectivity index (χ1) is 11.5. The summed E-state index contributed by atoms with van der Waals surface area (Å²) in [5, 5.41) is 4.03. The van der Waals surface area contributed by atoms with Crippen molar-refractivity contribution in [2.24, 2.45) is 0 Å². The van der Waals surface area contributed by atoms with E-state index in [0.29, 0.717) is 22.6 Å². The SMILES string of the molecule is O=C(Nc1ccc(-c2cn3nc(C(F)(F)F)sc3n2)cc1)C(F)(F)F. The van der Waals surface area contributed by atoms with Gasteiger partial charge in [-0.15, -0.1) is 5.10 Å². The Morgan fingerprint density at radius 3 is 2.24 bits per heavy atom. The van der Waals surface area contributed by atoms with Crippen molar-refractivity contribution < 1.29 is 31.1 Å². The van der Waals surface area contributed by atoms with Gasteiger partial charge in [0, 0.05) is 11.3 Å². The third kappa shape index (κ3) is 3.57. The summed E-state index contributed by atoms with van der Waals surface area (Å²) >= 11 is 0.368. The Hall–Kier alpha value is -2.63. The fourth-order valence-corrected chi connectivity index (χ4v) is 2.63. The lowest BCUT2D eigenvalue weighted by Crippen LogP contribution is -2.29. The number of anilines is 1. The van der Waals surface area contributed by atoms with E-state index in [4.69, 9.17) is 0 Å². The third-order valence-corrected chi connectivity index (χ3v) is 3.95. The van der Waals surface area contributed by atoms with Crippen molar-refractivity contribution >= 4 is 27.9 Å². The van der Waals surface area contributed by atoms with Gasteiger partial charge in [0.25, 0.3) is 0 Å². The Bertz CT molecular complexity index is 893. The number of fused-ring (bicyclic) bond motifs is 1. The average Bonchev–Trinajstić information content (AvgIpc) is 3.05. The fourth-order valence-electron chi connectivity index (χ4n) is 1.88. The maximum atomic E-state index is 12.6. The van der Waals surface area contributed by atoms with Crippen molar-refractivity contribution in [3.63, 3.8) is 0 Å². The average molecular weight is 380 g/mol. The molecule has 1 N–H and O–H groups in total. The number of amides is 1. The molecular weight excluding hydrogens is 374 g/mol. The van der Waals surface area contributed by atoms with Crippen LogP contribution in [0.25, 0.3) is 16.2 Å². The molecule has 3 aromatic rings. The number of aromatic nitrogens is 3. The molecule has 0 saturated heterocycles. The van der Waals surface area contributed by atoms with Crippen molar-refractivity contribution in [1.29, 1.82) is 0 Å². The number of benzene rings is 1. The number of nitrogens with one attached hydrogen (secondary N) is 1. The highest BCUT2D eigenvalue weighted by Gasteiger charge is 2.38. The van der Waals surface area contributed by atoms with Crippen LogP contribution in [0.2, 0.25) is 0 Å². The van der Waals surface area contributed by atoms with Gasteiger partial charge < -0.3 is 5.32 Å². The second kappa shape index (κ2) is 5.72. The van der Waals surface area contributed by atoms with E-state index >= 15 is 0 Å². The van der Waals surface area contributed by atoms with Crippen molar-refractivity contribution in [2.45, 2.75) is 12.4 Å². The van der Waals surface area contributed by atoms with E-state index in [-0.39, 0.29) is 10.6 Å². The zero-order valence-corrected chi connectivity index (χ0v) is 12.6. The van der Waals surface area contributed by atoms with Crippen molar-refractivity contribution in [3.05, 3.63) is 35.5 Å². The molecule has 1 amide bonds. The topological polar surface area (TPSA) is 59.3 Å². The second-order valence-corrected chi connectivity index (χ2v) is 5.74. The number of carbonyl (C=O) groups is 1. The maximum Gasteiger partial charge on any atom is 0.471 e. The molecule has 0 atom stereocenters. The van der Waals surface area contributed by atoms with Crippen LogP contribution < -0.4 is 5.32 Å². The summed E-state index contributed by atoms with van der Waals surface area (Å²) < 4.78 is 75.1. The lowest BCUT2D eigenvalue weighted by atomic mass is 10.1. The van der Waals surface area contributed by atoms with Crippen LogP contribution >= 0.6 is 11.3 Å². The van der Waals surface area contributed by atoms with Crippen molar-refractivity contribution in [1.82, 2.24) is 14.6 Å². The lowest BCUT2D eigenvalue weighted by Gasteiger charge is -2.08. The van der Waals surface area contributed by atoms with Gasteiger partial charge in [0.15, 0.2) is 0 Å². The maximum absolute atomic E-state index is 12.6. The van der Waals surface area contributed by atoms with Crippen LogP contribution in [0.4, 0.5) is 32.0 Å². The second-order valence-electron chi connectivity index (χ2n) is 4.79. The van der Waals surface area contributed by atoms with E-state index in [0.717, 1.165) is 4.52 Å². The van der Waals surface area contributed by atoms with Crippen LogP contribution in [0.3, 0.4) is 0 Å². The number of hydrogen-bond donors (Lipinski definition) is 1. The monoisotopic (exact) mass is 380 g/mol. The van der Waals surface area contributed by atoms with Gasteiger partial charge in [-0.05, 0) is 12.1 Å². The van der Waals surface area contributed by atoms with E-state index in [2.05, 4.69) is 10.1 Å². The van der Waals surface area contributed by atoms with Crippen LogP contribution in [0.5, 0.6) is 0 Å². The van der Waals surface area contributed by atoms with E-state index in [9.17, 15) is 31.1 Å². The molecule has 0 spiro atoms. The van der Waals surface area contributed by atoms with E-state index in [1.807, 2.05) is 0 Å². The first kappa shape index (κ1) is 17.2. The van der Waals surface area contributed by atoms with E-state index in [1.54, 1.807) is 5.32 Å². The predicted molar refractivity (Wildman–Crippen MR) is 76.0 cm³/mol. The minimum Gasteiger partial charge on any atom is -0.318 e. The zero-order chi connectivity index (χ0) is 18.4. The molecular formula is C13H6F6N4OS. The molecule has 2 aromatic heterocycles. The molecule has 0 aliphatic rings. The number of hydrogen-bond acceptors (Lipinski definition) is 4. The lowest BCUT2D eigenvalue weighted by molar-refractivity contribution is -0.167. The fraction of sp³-hybridized carbons (Fsp3) is 0.154. The van der Waals surface area contributed by atoms with Gasteiger partial charge in [-0.3, -0.25) is 4.79 Å². The number of nitrogens with zero attached hydrogens (tertiary/aromatic N) is 3. The summed E-state index contributed by atoms with van der Waals surface area (Å²) in [5.41, 5.74) is 0.655. The molecule has 25 heavy (non-hydrogen) atoms. The molecule has 1 aromatic carbocycles. The quantitative estimate of drug-likeness (QED) is 0.685. The summed E-state index contributed by atoms with van der Waals surface area (Å²) in [7, 11) is 0. The molecule has 132 valence electrons. The van der Waals surface area contributed by atoms with Gasteiger partial charge in [0.2, 0.25) is 9.97 Å². The number of rotatable bonds is 2. The summed E-state index contributed by atoms with van der Waals surface area (Å²) in [6.07, 6.45) is -8.30. The Balaban J connectivity index is 1.81. The van der Waals surface area contributed by atoms with Crippen molar-refractivity contribution in [2.75, 3.05) is 5.32 Å². The minimum absolute atomic E-state index is 0.0248. The van der Waals surface area contributed by atoms with Crippen LogP contribution in [0.15, 0.2) is 30.5 Å². The standard InChI is InChI=1S/C13H6F6N4OS/c14-12(15,16)9(24)20-7-3-1-6(2-4-7)8-5-23-11(21-8)25-10(22-23)13(17,18)19/h1-5H,(H,20,24). The van der Waals surface area contributed by atoms with Crippen LogP contribution in [-0.4, -0.2) is 26.7 Å². The Kier molecular flexibility index (Phi) is 3.94. The molecule has 0 bridgehead atoms. The highest BCUT2D eigenvalue weighted by molar-refractivity contribution is 7.16. The van der Waals surface area contributed by atoms with Crippen LogP contribution in [-0.2, 0) is 11.0 Å². The molecule has 0 saturated carbocycles. The minimum atomic E-state index is -5.01. The normalized spacial score (nSPS) is 12.6. The molecule has 5 nitrogen and oxygen atoms in total. The number of carbonyl (C=O) groups excluding carboxylic acids is 1. The van der Waals surface area contributed by atoms with Gasteiger partial charge in [0.05, 0.1) is 11.9 Å². The molecule has 3 rings (SSSR count). The number of imidazole rings is 1. The van der Waals surface area contributed by atoms with Crippen LogP contribution in [0, 0.1) is 0 Å². The smallest absolute Gasteiger partial charge is 0.318 e. The molecule has 2 heterocycles. The molecule has 0 aliphatic carbocycles. The van der Waals surface area contributed by atoms with Gasteiger partial charge >= 0.3 is 18.3 Å². The molecule has 0 aliphatic heterocycles. The molecule has 12 heteroatoms. The van der Waals surface area contributed by atoms with E-state index < -0.39 is 23.3 Å². The Morgan fingerprint density at radius 1 is 1.08 bits per heavy atom. The number of halogens is 6. The highest BCUT2D eigenvalue weighted by atomic mass is 32.1. The largest absolute Gasteiger partial charge is 0.471 e. The zero-order valence-electron chi connectivity index (χ0n) is 11.8. The van der Waals surface area contributed by atoms with E-state index in [1.165, 1.54) is 30.5 Å². The van der Waals surface area contributed by atoms with Crippen molar-refractivity contribution in [3.8, 4) is 11.3 Å². The first-order valence-corrected chi connectivity index (χ1v) is 7.28.